The summed E-state index contributed by atoms with van der Waals surface area (Å²) < 4.78 is 9.04. The molecule has 0 amide bonds. The zero-order chi connectivity index (χ0) is 80.6. The minimum absolute atomic E-state index is 0.727. The first-order valence-electron chi connectivity index (χ1n) is 40.6. The van der Waals surface area contributed by atoms with Gasteiger partial charge in [-0.15, -0.1) is 0 Å². The molecule has 0 radical (unpaired) electrons. The van der Waals surface area contributed by atoms with Gasteiger partial charge in [0.05, 0.1) is 112 Å². The monoisotopic (exact) mass is 1640 g/mol. The molecule has 2 fully saturated rings. The highest BCUT2D eigenvalue weighted by atomic mass is 32.2. The number of benzene rings is 11. The Morgan fingerprint density at radius 2 is 0.508 bits per heavy atom. The van der Waals surface area contributed by atoms with Gasteiger partial charge in [0.25, 0.3) is 0 Å². The Bertz CT molecular complexity index is 6660. The second-order valence-electron chi connectivity index (χ2n) is 30.1. The standard InChI is InChI=1S/C52H44N8S2.C48H42N8S2/c1-55-45-25-13-15-27-47(45)61-51(55)35-37-33-49(59(39-17-5-3-6-18-39)43-23-11-9-21-41(37)43)53-57-29-31-58(32-30-57)54-50-34-38(36-52-56(2)46-26-14-16-28-48(46)62-52)42-22-10-12-24-44(42)60(50)40-19-7-4-8-20-40;1-51-41-21-11-13-23-43(41)57-47(51)32-35-25-26-55(37-15-5-3-6-16-37)45(31-35)49-53-27-29-54(30-28-53)50-46-33-36(34-48-52(2)42-22-12-14-24-44(42)58-48)39-19-9-10-20-40(39)56(46)38-17-7-4-8-18-38/h3-28,33-36H,29-32H2,1-2H3;3-26,31-34H,27-30H2,1-2H3/b51-35+,52-36+,53-49-,54-50-;47-32+,48-34+,49-45-,50-46-. The Balaban J connectivity index is 0.000000154. The highest BCUT2D eigenvalue weighted by molar-refractivity contribution is 8.04. The number of nitrogens with zero attached hydrogens (tertiary/aromatic N) is 16. The summed E-state index contributed by atoms with van der Waals surface area (Å²) in [5, 5.41) is 38.7. The van der Waals surface area contributed by atoms with Gasteiger partial charge in [-0.05, 0) is 192 Å². The van der Waals surface area contributed by atoms with Crippen LogP contribution in [0.1, 0.15) is 22.3 Å². The predicted molar refractivity (Wildman–Crippen MR) is 499 cm³/mol. The van der Waals surface area contributed by atoms with Crippen molar-refractivity contribution in [2.45, 2.75) is 19.6 Å². The van der Waals surface area contributed by atoms with Gasteiger partial charge in [0, 0.05) is 92.9 Å². The average Bonchev–Trinajstić information content (AvgIpc) is 1.24. The van der Waals surface area contributed by atoms with Crippen LogP contribution in [0.4, 0.5) is 22.7 Å². The molecule has 0 saturated carbocycles. The summed E-state index contributed by atoms with van der Waals surface area (Å²) >= 11 is 7.24. The van der Waals surface area contributed by atoms with Crippen molar-refractivity contribution in [1.82, 2.24) is 38.3 Å². The zero-order valence-electron chi connectivity index (χ0n) is 66.9. The first kappa shape index (κ1) is 75.5. The molecule has 0 N–H and O–H groups in total. The molecule has 120 heavy (non-hydrogen) atoms. The molecule has 10 heterocycles. The lowest BCUT2D eigenvalue weighted by Crippen LogP contribution is -2.44. The van der Waals surface area contributed by atoms with Gasteiger partial charge < -0.3 is 24.2 Å². The number of hydrogen-bond donors (Lipinski definition) is 0. The van der Waals surface area contributed by atoms with Crippen LogP contribution in [0.3, 0.4) is 0 Å². The van der Waals surface area contributed by atoms with Crippen LogP contribution in [0.25, 0.3) is 79.8 Å². The third-order valence-electron chi connectivity index (χ3n) is 22.6. The molecular formula is C100H86N16S4. The zero-order valence-corrected chi connectivity index (χ0v) is 70.2. The van der Waals surface area contributed by atoms with E-state index in [2.05, 4.69) is 438 Å². The van der Waals surface area contributed by atoms with Crippen LogP contribution in [0, 0.1) is 0 Å². The maximum absolute atomic E-state index is 5.44. The van der Waals surface area contributed by atoms with Gasteiger partial charge in [0.1, 0.15) is 0 Å². The Morgan fingerprint density at radius 3 is 0.817 bits per heavy atom. The minimum atomic E-state index is 0.727. The summed E-state index contributed by atoms with van der Waals surface area (Å²) in [4.78, 5) is 14.2. The summed E-state index contributed by atoms with van der Waals surface area (Å²) in [6.07, 6.45) is 11.3. The molecule has 16 nitrogen and oxygen atoms in total. The van der Waals surface area contributed by atoms with Crippen molar-refractivity contribution in [3.63, 3.8) is 0 Å². The van der Waals surface area contributed by atoms with Gasteiger partial charge >= 0.3 is 0 Å². The molecule has 6 aliphatic heterocycles. The Labute approximate surface area is 714 Å². The first-order chi connectivity index (χ1) is 59.1. The second kappa shape index (κ2) is 33.3. The molecule has 20 heteroatoms. The van der Waals surface area contributed by atoms with Gasteiger partial charge in [-0.25, -0.2) is 0 Å². The average molecular weight is 1640 g/mol. The van der Waals surface area contributed by atoms with Crippen molar-refractivity contribution in [2.75, 3.05) is 100 Å². The second-order valence-corrected chi connectivity index (χ2v) is 34.4. The lowest BCUT2D eigenvalue weighted by Gasteiger charge is -2.31. The largest absolute Gasteiger partial charge is 0.338 e. The SMILES string of the molecule is CN1/C(=C\c2c/c(=N/N3CCN(/N=c4/cc(/C=C5/Sc6ccccc6N5C)c5ccccc5n4-c4ccccc4)CC3)n(-c3ccccc3)c3ccccc23)Sc2ccccc21.CN1/C(=C\c2ccn(-c3ccccc3)/c(=N\N3CCN(/N=c4/cc(/C=C5/Sc6ccccc6N5C)c5ccccc5n4-c4ccccc4)CC3)c2)Sc2ccccc21. The van der Waals surface area contributed by atoms with Crippen molar-refractivity contribution >= 4 is 127 Å². The predicted octanol–water partition coefficient (Wildman–Crippen LogP) is 20.1. The molecule has 0 spiro atoms. The van der Waals surface area contributed by atoms with E-state index in [-0.39, 0.29) is 0 Å². The third kappa shape index (κ3) is 15.2. The molecule has 15 aromatic rings. The van der Waals surface area contributed by atoms with Crippen LogP contribution in [0.2, 0.25) is 0 Å². The number of aromatic nitrogens is 4. The van der Waals surface area contributed by atoms with E-state index >= 15 is 0 Å². The van der Waals surface area contributed by atoms with Crippen LogP contribution in [0.5, 0.6) is 0 Å². The molecule has 0 unspecified atom stereocenters. The van der Waals surface area contributed by atoms with Gasteiger partial charge in [0.2, 0.25) is 0 Å². The molecule has 0 bridgehead atoms. The molecule has 21 rings (SSSR count). The van der Waals surface area contributed by atoms with E-state index in [1.165, 1.54) is 78.6 Å². The minimum Gasteiger partial charge on any atom is -0.338 e. The Morgan fingerprint density at radius 1 is 0.250 bits per heavy atom. The normalized spacial score (nSPS) is 17.1. The van der Waals surface area contributed by atoms with E-state index in [1.807, 2.05) is 35.3 Å². The van der Waals surface area contributed by atoms with Gasteiger partial charge in [-0.1, -0.05) is 223 Å². The highest BCUT2D eigenvalue weighted by Gasteiger charge is 2.28. The van der Waals surface area contributed by atoms with Crippen LogP contribution in [-0.4, -0.2) is 119 Å². The van der Waals surface area contributed by atoms with E-state index in [0.29, 0.717) is 0 Å². The van der Waals surface area contributed by atoms with E-state index in [9.17, 15) is 0 Å². The first-order valence-corrected chi connectivity index (χ1v) is 43.8. The quantitative estimate of drug-likeness (QED) is 0.117. The van der Waals surface area contributed by atoms with Gasteiger partial charge in [-0.2, -0.15) is 20.4 Å². The molecule has 11 aromatic carbocycles. The molecule has 6 aliphatic rings. The van der Waals surface area contributed by atoms with Crippen molar-refractivity contribution in [3.05, 3.63) is 392 Å². The van der Waals surface area contributed by atoms with E-state index in [0.717, 1.165) is 136 Å². The van der Waals surface area contributed by atoms with Crippen LogP contribution < -0.4 is 41.6 Å². The topological polar surface area (TPSA) is 95.1 Å². The van der Waals surface area contributed by atoms with Gasteiger partial charge in [-0.3, -0.25) is 33.7 Å². The number of rotatable bonds is 12. The number of para-hydroxylation sites is 11. The fourth-order valence-electron chi connectivity index (χ4n) is 16.4. The van der Waals surface area contributed by atoms with E-state index in [4.69, 9.17) is 20.4 Å². The van der Waals surface area contributed by atoms with Crippen LogP contribution >= 0.6 is 47.0 Å². The van der Waals surface area contributed by atoms with Crippen molar-refractivity contribution in [3.8, 4) is 22.7 Å². The molecule has 2 saturated heterocycles. The van der Waals surface area contributed by atoms with E-state index in [1.54, 1.807) is 11.8 Å². The maximum Gasteiger partial charge on any atom is 0.158 e. The van der Waals surface area contributed by atoms with E-state index < -0.39 is 0 Å². The summed E-state index contributed by atoms with van der Waals surface area (Å²) in [5.74, 6) is 0. The highest BCUT2D eigenvalue weighted by Crippen LogP contribution is 2.49. The smallest absolute Gasteiger partial charge is 0.158 e. The number of anilines is 4. The number of hydrogen-bond acceptors (Lipinski definition) is 16. The molecule has 0 atom stereocenters. The fourth-order valence-corrected chi connectivity index (χ4v) is 20.9. The third-order valence-corrected chi connectivity index (χ3v) is 27.3. The summed E-state index contributed by atoms with van der Waals surface area (Å²) in [6.45, 7) is 5.88. The molecule has 4 aromatic heterocycles. The lowest BCUT2D eigenvalue weighted by molar-refractivity contribution is 0.130. The Hall–Kier alpha value is -13.2. The summed E-state index contributed by atoms with van der Waals surface area (Å²) in [7, 11) is 8.59. The van der Waals surface area contributed by atoms with Crippen LogP contribution in [0.15, 0.2) is 388 Å². The number of pyridine rings is 4. The van der Waals surface area contributed by atoms with Crippen molar-refractivity contribution < 1.29 is 0 Å². The number of thioether (sulfide) groups is 4. The maximum atomic E-state index is 5.44. The summed E-state index contributed by atoms with van der Waals surface area (Å²) in [6, 6.07) is 114. The van der Waals surface area contributed by atoms with Gasteiger partial charge in [0.15, 0.2) is 22.0 Å². The van der Waals surface area contributed by atoms with Crippen LogP contribution in [-0.2, 0) is 0 Å². The molecule has 590 valence electrons. The summed E-state index contributed by atoms with van der Waals surface area (Å²) in [5.41, 5.74) is 20.7. The Kier molecular flexibility index (Phi) is 20.9. The van der Waals surface area contributed by atoms with Crippen molar-refractivity contribution in [1.29, 1.82) is 0 Å². The molecule has 0 aliphatic carbocycles. The number of fused-ring (bicyclic) bond motifs is 7. The lowest BCUT2D eigenvalue weighted by atomic mass is 10.1. The number of piperazine rings is 2. The van der Waals surface area contributed by atoms with Crippen molar-refractivity contribution in [2.24, 2.45) is 20.4 Å². The fraction of sp³-hybridized carbons (Fsp3) is 0.120. The molecular weight excluding hydrogens is 1550 g/mol.